The molecule has 0 radical (unpaired) electrons. The average molecular weight is 207 g/mol. The van der Waals surface area contributed by atoms with E-state index in [9.17, 15) is 5.11 Å². The SMILES string of the molecule is C=CCCC(O)(CC1CC1)c1cocn1. The molecular formula is C12H17NO2. The van der Waals surface area contributed by atoms with Gasteiger partial charge < -0.3 is 9.52 Å². The Hall–Kier alpha value is -1.09. The number of hydrogen-bond acceptors (Lipinski definition) is 3. The van der Waals surface area contributed by atoms with Gasteiger partial charge in [0, 0.05) is 0 Å². The lowest BCUT2D eigenvalue weighted by molar-refractivity contribution is 0.00952. The van der Waals surface area contributed by atoms with Crippen LogP contribution in [0.2, 0.25) is 0 Å². The van der Waals surface area contributed by atoms with Gasteiger partial charge in [-0.05, 0) is 25.2 Å². The molecule has 0 bridgehead atoms. The molecule has 0 aliphatic heterocycles. The quantitative estimate of drug-likeness (QED) is 0.729. The summed E-state index contributed by atoms with van der Waals surface area (Å²) in [6, 6.07) is 0. The molecule has 1 atom stereocenters. The Morgan fingerprint density at radius 2 is 2.47 bits per heavy atom. The number of aromatic nitrogens is 1. The number of rotatable bonds is 6. The topological polar surface area (TPSA) is 46.3 Å². The molecule has 1 N–H and O–H groups in total. The van der Waals surface area contributed by atoms with Crippen molar-refractivity contribution in [1.82, 2.24) is 4.98 Å². The highest BCUT2D eigenvalue weighted by Gasteiger charge is 2.37. The van der Waals surface area contributed by atoms with Crippen molar-refractivity contribution in [3.8, 4) is 0 Å². The largest absolute Gasteiger partial charge is 0.451 e. The highest BCUT2D eigenvalue weighted by molar-refractivity contribution is 5.08. The minimum absolute atomic E-state index is 0.663. The monoisotopic (exact) mass is 207 g/mol. The average Bonchev–Trinajstić information content (AvgIpc) is 2.87. The van der Waals surface area contributed by atoms with Crippen LogP contribution in [-0.2, 0) is 5.60 Å². The molecule has 82 valence electrons. The van der Waals surface area contributed by atoms with E-state index in [1.54, 1.807) is 6.26 Å². The van der Waals surface area contributed by atoms with Crippen LogP contribution < -0.4 is 0 Å². The van der Waals surface area contributed by atoms with Crippen LogP contribution in [0.1, 0.15) is 37.8 Å². The van der Waals surface area contributed by atoms with Crippen molar-refractivity contribution in [2.45, 2.75) is 37.7 Å². The molecule has 3 nitrogen and oxygen atoms in total. The lowest BCUT2D eigenvalue weighted by Crippen LogP contribution is -2.26. The maximum atomic E-state index is 10.5. The van der Waals surface area contributed by atoms with Crippen LogP contribution in [0.25, 0.3) is 0 Å². The van der Waals surface area contributed by atoms with Gasteiger partial charge in [0.2, 0.25) is 0 Å². The first-order valence-electron chi connectivity index (χ1n) is 5.46. The fourth-order valence-electron chi connectivity index (χ4n) is 1.92. The van der Waals surface area contributed by atoms with E-state index in [1.165, 1.54) is 19.2 Å². The first-order chi connectivity index (χ1) is 7.24. The summed E-state index contributed by atoms with van der Waals surface area (Å²) in [5.74, 6) is 0.663. The Balaban J connectivity index is 2.09. The van der Waals surface area contributed by atoms with Gasteiger partial charge in [-0.2, -0.15) is 0 Å². The van der Waals surface area contributed by atoms with E-state index in [4.69, 9.17) is 4.42 Å². The molecule has 1 saturated carbocycles. The molecular weight excluding hydrogens is 190 g/mol. The fraction of sp³-hybridized carbons (Fsp3) is 0.583. The summed E-state index contributed by atoms with van der Waals surface area (Å²) in [6.07, 6.45) is 9.50. The van der Waals surface area contributed by atoms with E-state index in [-0.39, 0.29) is 0 Å². The van der Waals surface area contributed by atoms with Crippen LogP contribution in [0.5, 0.6) is 0 Å². The molecule has 1 heterocycles. The summed E-state index contributed by atoms with van der Waals surface area (Å²) in [5.41, 5.74) is -0.154. The van der Waals surface area contributed by atoms with Crippen LogP contribution in [0.3, 0.4) is 0 Å². The molecule has 2 rings (SSSR count). The van der Waals surface area contributed by atoms with Crippen molar-refractivity contribution in [2.24, 2.45) is 5.92 Å². The van der Waals surface area contributed by atoms with Crippen molar-refractivity contribution in [1.29, 1.82) is 0 Å². The summed E-state index contributed by atoms with van der Waals surface area (Å²) in [5, 5.41) is 10.5. The molecule has 0 amide bonds. The molecule has 1 unspecified atom stereocenters. The minimum Gasteiger partial charge on any atom is -0.451 e. The number of aliphatic hydroxyl groups is 1. The van der Waals surface area contributed by atoms with Gasteiger partial charge in [0.05, 0.1) is 0 Å². The van der Waals surface area contributed by atoms with Crippen LogP contribution in [0.4, 0.5) is 0 Å². The Kier molecular flexibility index (Phi) is 2.91. The lowest BCUT2D eigenvalue weighted by Gasteiger charge is -2.25. The van der Waals surface area contributed by atoms with Gasteiger partial charge in [-0.25, -0.2) is 4.98 Å². The zero-order valence-corrected chi connectivity index (χ0v) is 8.85. The second kappa shape index (κ2) is 4.19. The van der Waals surface area contributed by atoms with Crippen LogP contribution in [0, 0.1) is 5.92 Å². The first-order valence-corrected chi connectivity index (χ1v) is 5.46. The third-order valence-corrected chi connectivity index (χ3v) is 2.99. The Bertz CT molecular complexity index is 316. The smallest absolute Gasteiger partial charge is 0.180 e. The highest BCUT2D eigenvalue weighted by Crippen LogP contribution is 2.42. The predicted octanol–water partition coefficient (Wildman–Crippen LogP) is 2.63. The van der Waals surface area contributed by atoms with E-state index < -0.39 is 5.60 Å². The summed E-state index contributed by atoms with van der Waals surface area (Å²) in [4.78, 5) is 4.07. The van der Waals surface area contributed by atoms with Gasteiger partial charge >= 0.3 is 0 Å². The normalized spacial score (nSPS) is 19.8. The molecule has 0 saturated heterocycles. The van der Waals surface area contributed by atoms with Crippen LogP contribution in [0.15, 0.2) is 29.7 Å². The molecule has 1 fully saturated rings. The summed E-state index contributed by atoms with van der Waals surface area (Å²) >= 11 is 0. The van der Waals surface area contributed by atoms with E-state index in [2.05, 4.69) is 11.6 Å². The van der Waals surface area contributed by atoms with Gasteiger partial charge in [0.15, 0.2) is 6.39 Å². The second-order valence-corrected chi connectivity index (χ2v) is 4.38. The Labute approximate surface area is 89.8 Å². The zero-order chi connectivity index (χ0) is 10.7. The van der Waals surface area contributed by atoms with Gasteiger partial charge in [0.1, 0.15) is 17.6 Å². The molecule has 3 heteroatoms. The van der Waals surface area contributed by atoms with Gasteiger partial charge in [-0.3, -0.25) is 0 Å². The van der Waals surface area contributed by atoms with Gasteiger partial charge in [-0.15, -0.1) is 6.58 Å². The van der Waals surface area contributed by atoms with Crippen molar-refractivity contribution in [2.75, 3.05) is 0 Å². The van der Waals surface area contributed by atoms with E-state index in [0.717, 1.165) is 12.8 Å². The molecule has 1 aromatic heterocycles. The van der Waals surface area contributed by atoms with Crippen LogP contribution in [-0.4, -0.2) is 10.1 Å². The molecule has 1 aliphatic rings. The van der Waals surface area contributed by atoms with Gasteiger partial charge in [0.25, 0.3) is 0 Å². The Morgan fingerprint density at radius 3 is 3.00 bits per heavy atom. The maximum Gasteiger partial charge on any atom is 0.180 e. The van der Waals surface area contributed by atoms with Crippen LogP contribution >= 0.6 is 0 Å². The fourth-order valence-corrected chi connectivity index (χ4v) is 1.92. The van der Waals surface area contributed by atoms with Crippen molar-refractivity contribution in [3.63, 3.8) is 0 Å². The maximum absolute atomic E-state index is 10.5. The third-order valence-electron chi connectivity index (χ3n) is 2.99. The van der Waals surface area contributed by atoms with Crippen molar-refractivity contribution in [3.05, 3.63) is 31.0 Å². The summed E-state index contributed by atoms with van der Waals surface area (Å²) in [6.45, 7) is 3.68. The number of nitrogens with zero attached hydrogens (tertiary/aromatic N) is 1. The molecule has 0 spiro atoms. The first kappa shape index (κ1) is 10.4. The summed E-state index contributed by atoms with van der Waals surface area (Å²) in [7, 11) is 0. The summed E-state index contributed by atoms with van der Waals surface area (Å²) < 4.78 is 4.95. The third kappa shape index (κ3) is 2.48. The molecule has 1 aliphatic carbocycles. The predicted molar refractivity (Wildman–Crippen MR) is 57.2 cm³/mol. The number of hydrogen-bond donors (Lipinski definition) is 1. The number of oxazole rings is 1. The Morgan fingerprint density at radius 1 is 1.67 bits per heavy atom. The van der Waals surface area contributed by atoms with Crippen molar-refractivity contribution < 1.29 is 9.52 Å². The molecule has 15 heavy (non-hydrogen) atoms. The molecule has 1 aromatic rings. The van der Waals surface area contributed by atoms with E-state index >= 15 is 0 Å². The van der Waals surface area contributed by atoms with Gasteiger partial charge in [-0.1, -0.05) is 18.9 Å². The standard InChI is InChI=1S/C12H17NO2/c1-2-3-6-12(14,7-10-4-5-10)11-8-15-9-13-11/h2,8-10,14H,1,3-7H2. The highest BCUT2D eigenvalue weighted by atomic mass is 16.3. The second-order valence-electron chi connectivity index (χ2n) is 4.38. The minimum atomic E-state index is -0.817. The zero-order valence-electron chi connectivity index (χ0n) is 8.85. The van der Waals surface area contributed by atoms with E-state index in [0.29, 0.717) is 18.0 Å². The van der Waals surface area contributed by atoms with E-state index in [1.807, 2.05) is 6.08 Å². The molecule has 0 aromatic carbocycles. The lowest BCUT2D eigenvalue weighted by atomic mass is 9.88. The number of allylic oxidation sites excluding steroid dienone is 1. The van der Waals surface area contributed by atoms with Crippen molar-refractivity contribution >= 4 is 0 Å².